The molecule has 0 bridgehead atoms. The van der Waals surface area contributed by atoms with E-state index in [2.05, 4.69) is 4.72 Å². The number of aliphatic hydroxyl groups is 1. The van der Waals surface area contributed by atoms with E-state index in [1.807, 2.05) is 44.2 Å². The Morgan fingerprint density at radius 1 is 1.26 bits per heavy atom. The average Bonchev–Trinajstić information content (AvgIpc) is 2.34. The van der Waals surface area contributed by atoms with Crippen LogP contribution in [0.1, 0.15) is 19.4 Å². The van der Waals surface area contributed by atoms with Crippen molar-refractivity contribution in [3.63, 3.8) is 0 Å². The number of sulfonamides is 1. The lowest BCUT2D eigenvalue weighted by molar-refractivity contribution is 0.208. The van der Waals surface area contributed by atoms with E-state index in [4.69, 9.17) is 0 Å². The molecule has 0 aromatic heterocycles. The SMILES string of the molecule is CC(C)CS(=O)(=O)NCC(O)[CH]Cc1ccccc1. The molecule has 0 amide bonds. The zero-order valence-corrected chi connectivity index (χ0v) is 12.2. The normalized spacial score (nSPS) is 13.7. The van der Waals surface area contributed by atoms with E-state index in [1.54, 1.807) is 6.42 Å². The number of hydrogen-bond acceptors (Lipinski definition) is 3. The average molecular weight is 284 g/mol. The molecule has 0 saturated heterocycles. The predicted octanol–water partition coefficient (Wildman–Crippen LogP) is 1.37. The van der Waals surface area contributed by atoms with Crippen LogP contribution in [-0.2, 0) is 16.4 Å². The van der Waals surface area contributed by atoms with Crippen molar-refractivity contribution in [3.8, 4) is 0 Å². The van der Waals surface area contributed by atoms with Crippen LogP contribution in [0.15, 0.2) is 30.3 Å². The van der Waals surface area contributed by atoms with Gasteiger partial charge in [-0.1, -0.05) is 44.2 Å². The molecule has 1 aromatic carbocycles. The summed E-state index contributed by atoms with van der Waals surface area (Å²) in [5, 5.41) is 9.73. The lowest BCUT2D eigenvalue weighted by Gasteiger charge is -2.13. The van der Waals surface area contributed by atoms with E-state index in [-0.39, 0.29) is 18.2 Å². The number of aliphatic hydroxyl groups excluding tert-OH is 1. The number of rotatable bonds is 8. The van der Waals surface area contributed by atoms with Crippen LogP contribution < -0.4 is 4.72 Å². The number of nitrogens with one attached hydrogen (secondary N) is 1. The second kappa shape index (κ2) is 7.62. The van der Waals surface area contributed by atoms with Crippen LogP contribution in [0.2, 0.25) is 0 Å². The minimum Gasteiger partial charge on any atom is -0.391 e. The highest BCUT2D eigenvalue weighted by Gasteiger charge is 2.14. The summed E-state index contributed by atoms with van der Waals surface area (Å²) in [5.41, 5.74) is 1.09. The first-order chi connectivity index (χ1) is 8.89. The first kappa shape index (κ1) is 16.1. The standard InChI is InChI=1S/C14H22NO3S/c1-12(2)11-19(17,18)15-10-14(16)9-8-13-6-4-3-5-7-13/h3-7,9,12,14-16H,8,10-11H2,1-2H3. The van der Waals surface area contributed by atoms with E-state index < -0.39 is 16.1 Å². The van der Waals surface area contributed by atoms with Crippen LogP contribution in [-0.4, -0.2) is 31.9 Å². The molecule has 1 rings (SSSR count). The summed E-state index contributed by atoms with van der Waals surface area (Å²) in [7, 11) is -3.29. The maximum atomic E-state index is 11.6. The fraction of sp³-hybridized carbons (Fsp3) is 0.500. The summed E-state index contributed by atoms with van der Waals surface area (Å²) in [6.45, 7) is 3.72. The number of benzene rings is 1. The topological polar surface area (TPSA) is 66.4 Å². The molecule has 4 nitrogen and oxygen atoms in total. The van der Waals surface area contributed by atoms with Gasteiger partial charge in [0.2, 0.25) is 10.0 Å². The van der Waals surface area contributed by atoms with Gasteiger partial charge in [-0.15, -0.1) is 0 Å². The van der Waals surface area contributed by atoms with Crippen molar-refractivity contribution < 1.29 is 13.5 Å². The molecule has 107 valence electrons. The fourth-order valence-corrected chi connectivity index (χ4v) is 3.10. The molecule has 0 aliphatic carbocycles. The van der Waals surface area contributed by atoms with E-state index in [0.717, 1.165) is 5.56 Å². The summed E-state index contributed by atoms with van der Waals surface area (Å²) in [4.78, 5) is 0. The Bertz CT molecular complexity index is 457. The number of hydrogen-bond donors (Lipinski definition) is 2. The second-order valence-corrected chi connectivity index (χ2v) is 6.87. The van der Waals surface area contributed by atoms with Crippen molar-refractivity contribution in [1.82, 2.24) is 4.72 Å². The highest BCUT2D eigenvalue weighted by Crippen LogP contribution is 2.04. The Kier molecular flexibility index (Phi) is 6.48. The predicted molar refractivity (Wildman–Crippen MR) is 77.1 cm³/mol. The fourth-order valence-electron chi connectivity index (χ4n) is 1.68. The quantitative estimate of drug-likeness (QED) is 0.757. The van der Waals surface area contributed by atoms with Gasteiger partial charge in [-0.3, -0.25) is 0 Å². The van der Waals surface area contributed by atoms with Crippen molar-refractivity contribution in [1.29, 1.82) is 0 Å². The third-order valence-electron chi connectivity index (χ3n) is 2.53. The molecular formula is C14H22NO3S. The molecule has 1 aromatic rings. The summed E-state index contributed by atoms with van der Waals surface area (Å²) in [6.07, 6.45) is 1.54. The van der Waals surface area contributed by atoms with Crippen LogP contribution in [0.3, 0.4) is 0 Å². The molecule has 0 aliphatic heterocycles. The lowest BCUT2D eigenvalue weighted by Crippen LogP contribution is -2.35. The minimum absolute atomic E-state index is 0.0296. The first-order valence-electron chi connectivity index (χ1n) is 6.41. The third-order valence-corrected chi connectivity index (χ3v) is 4.25. The van der Waals surface area contributed by atoms with Crippen LogP contribution in [0.25, 0.3) is 0 Å². The van der Waals surface area contributed by atoms with Crippen molar-refractivity contribution >= 4 is 10.0 Å². The van der Waals surface area contributed by atoms with Crippen LogP contribution in [0.5, 0.6) is 0 Å². The summed E-state index contributed by atoms with van der Waals surface area (Å²) in [5.74, 6) is 0.154. The minimum atomic E-state index is -3.29. The van der Waals surface area contributed by atoms with E-state index in [9.17, 15) is 13.5 Å². The maximum Gasteiger partial charge on any atom is 0.211 e. The van der Waals surface area contributed by atoms with Crippen LogP contribution >= 0.6 is 0 Å². The van der Waals surface area contributed by atoms with Crippen molar-refractivity contribution in [3.05, 3.63) is 42.3 Å². The van der Waals surface area contributed by atoms with E-state index in [0.29, 0.717) is 6.42 Å². The van der Waals surface area contributed by atoms with Gasteiger partial charge in [-0.25, -0.2) is 13.1 Å². The van der Waals surface area contributed by atoms with Gasteiger partial charge in [0.25, 0.3) is 0 Å². The van der Waals surface area contributed by atoms with Crippen molar-refractivity contribution in [2.75, 3.05) is 12.3 Å². The van der Waals surface area contributed by atoms with E-state index in [1.165, 1.54) is 0 Å². The monoisotopic (exact) mass is 284 g/mol. The zero-order chi connectivity index (χ0) is 14.3. The zero-order valence-electron chi connectivity index (χ0n) is 11.4. The van der Waals surface area contributed by atoms with Crippen molar-refractivity contribution in [2.45, 2.75) is 26.4 Å². The largest absolute Gasteiger partial charge is 0.391 e. The molecule has 1 atom stereocenters. The van der Waals surface area contributed by atoms with Gasteiger partial charge >= 0.3 is 0 Å². The molecule has 5 heteroatoms. The summed E-state index contributed by atoms with van der Waals surface area (Å²) < 4.78 is 25.6. The van der Waals surface area contributed by atoms with Gasteiger partial charge < -0.3 is 5.11 Å². The Morgan fingerprint density at radius 3 is 2.47 bits per heavy atom. The molecule has 0 fully saturated rings. The summed E-state index contributed by atoms with van der Waals surface area (Å²) >= 11 is 0. The third kappa shape index (κ3) is 7.30. The van der Waals surface area contributed by atoms with Crippen LogP contribution in [0.4, 0.5) is 0 Å². The van der Waals surface area contributed by atoms with Gasteiger partial charge in [-0.05, 0) is 24.3 Å². The van der Waals surface area contributed by atoms with Crippen LogP contribution in [0, 0.1) is 12.3 Å². The Labute approximate surface area is 115 Å². The highest BCUT2D eigenvalue weighted by atomic mass is 32.2. The molecule has 0 aliphatic rings. The van der Waals surface area contributed by atoms with Gasteiger partial charge in [0, 0.05) is 6.54 Å². The molecule has 1 radical (unpaired) electrons. The maximum absolute atomic E-state index is 11.6. The molecule has 0 spiro atoms. The second-order valence-electron chi connectivity index (χ2n) is 5.02. The molecule has 19 heavy (non-hydrogen) atoms. The van der Waals surface area contributed by atoms with Gasteiger partial charge in [0.15, 0.2) is 0 Å². The van der Waals surface area contributed by atoms with Gasteiger partial charge in [0.05, 0.1) is 11.9 Å². The Balaban J connectivity index is 2.30. The first-order valence-corrected chi connectivity index (χ1v) is 8.07. The van der Waals surface area contributed by atoms with Gasteiger partial charge in [-0.2, -0.15) is 0 Å². The van der Waals surface area contributed by atoms with Crippen molar-refractivity contribution in [2.24, 2.45) is 5.92 Å². The smallest absolute Gasteiger partial charge is 0.211 e. The lowest BCUT2D eigenvalue weighted by atomic mass is 10.1. The molecule has 0 heterocycles. The molecule has 2 N–H and O–H groups in total. The molecule has 1 unspecified atom stereocenters. The Hall–Kier alpha value is -0.910. The van der Waals surface area contributed by atoms with E-state index >= 15 is 0 Å². The molecule has 0 saturated carbocycles. The highest BCUT2D eigenvalue weighted by molar-refractivity contribution is 7.89. The summed E-state index contributed by atoms with van der Waals surface area (Å²) in [6, 6.07) is 9.72. The Morgan fingerprint density at radius 2 is 1.89 bits per heavy atom. The van der Waals surface area contributed by atoms with Gasteiger partial charge in [0.1, 0.15) is 0 Å². The molecular weight excluding hydrogens is 262 g/mol.